The van der Waals surface area contributed by atoms with Crippen molar-refractivity contribution in [2.24, 2.45) is 0 Å². The van der Waals surface area contributed by atoms with Crippen LogP contribution >= 0.6 is 11.6 Å². The summed E-state index contributed by atoms with van der Waals surface area (Å²) in [6.07, 6.45) is 5.80. The van der Waals surface area contributed by atoms with Crippen LogP contribution in [0.4, 0.5) is 0 Å². The Morgan fingerprint density at radius 1 is 1.18 bits per heavy atom. The summed E-state index contributed by atoms with van der Waals surface area (Å²) < 4.78 is 10.8. The van der Waals surface area contributed by atoms with E-state index in [1.54, 1.807) is 24.3 Å². The van der Waals surface area contributed by atoms with Gasteiger partial charge in [-0.25, -0.2) is 0 Å². The number of rotatable bonds is 6. The number of hydrogen-bond acceptors (Lipinski definition) is 5. The molecule has 1 aliphatic heterocycles. The van der Waals surface area contributed by atoms with E-state index in [-0.39, 0.29) is 22.8 Å². The molecule has 5 nitrogen and oxygen atoms in total. The van der Waals surface area contributed by atoms with E-state index in [1.807, 2.05) is 18.2 Å². The lowest BCUT2D eigenvalue weighted by Crippen LogP contribution is -2.20. The highest BCUT2D eigenvalue weighted by atomic mass is 35.5. The smallest absolute Gasteiger partial charge is 0.193 e. The molecule has 0 radical (unpaired) electrons. The van der Waals surface area contributed by atoms with Gasteiger partial charge in [-0.05, 0) is 42.3 Å². The molecule has 0 fully saturated rings. The third-order valence-corrected chi connectivity index (χ3v) is 4.85. The Labute approximate surface area is 169 Å². The van der Waals surface area contributed by atoms with Crippen molar-refractivity contribution in [2.75, 3.05) is 27.3 Å². The van der Waals surface area contributed by atoms with Gasteiger partial charge in [0.25, 0.3) is 0 Å². The Kier molecular flexibility index (Phi) is 6.39. The third kappa shape index (κ3) is 4.21. The summed E-state index contributed by atoms with van der Waals surface area (Å²) in [5.74, 6) is 0.247. The van der Waals surface area contributed by atoms with E-state index in [0.29, 0.717) is 22.9 Å². The van der Waals surface area contributed by atoms with E-state index in [1.165, 1.54) is 20.3 Å². The Bertz CT molecular complexity index is 933. The molecule has 0 amide bonds. The monoisotopic (exact) mass is 399 g/mol. The summed E-state index contributed by atoms with van der Waals surface area (Å²) in [5, 5.41) is 14.8. The van der Waals surface area contributed by atoms with E-state index in [4.69, 9.17) is 21.1 Å². The first-order valence-electron chi connectivity index (χ1n) is 8.91. The first kappa shape index (κ1) is 20.0. The molecule has 3 rings (SSSR count). The maximum atomic E-state index is 12.9. The van der Waals surface area contributed by atoms with Crippen molar-refractivity contribution in [1.29, 1.82) is 0 Å². The molecule has 2 N–H and O–H groups in total. The van der Waals surface area contributed by atoms with Crippen molar-refractivity contribution in [3.8, 4) is 17.2 Å². The second-order valence-electron chi connectivity index (χ2n) is 6.31. The second-order valence-corrected chi connectivity index (χ2v) is 6.75. The number of phenols is 1. The van der Waals surface area contributed by atoms with Crippen LogP contribution < -0.4 is 14.8 Å². The van der Waals surface area contributed by atoms with Gasteiger partial charge >= 0.3 is 0 Å². The van der Waals surface area contributed by atoms with E-state index in [0.717, 1.165) is 24.1 Å². The van der Waals surface area contributed by atoms with Gasteiger partial charge in [0.2, 0.25) is 0 Å². The maximum absolute atomic E-state index is 12.9. The van der Waals surface area contributed by atoms with E-state index >= 15 is 0 Å². The van der Waals surface area contributed by atoms with Crippen LogP contribution in [-0.4, -0.2) is 38.2 Å². The molecule has 0 saturated carbocycles. The van der Waals surface area contributed by atoms with Crippen LogP contribution in [0.5, 0.6) is 17.2 Å². The number of hydrogen-bond donors (Lipinski definition) is 2. The first-order chi connectivity index (χ1) is 13.5. The predicted octanol–water partition coefficient (Wildman–Crippen LogP) is 4.34. The third-order valence-electron chi connectivity index (χ3n) is 4.60. The largest absolute Gasteiger partial charge is 0.506 e. The number of halogens is 1. The molecule has 146 valence electrons. The van der Waals surface area contributed by atoms with Gasteiger partial charge in [0.05, 0.1) is 19.8 Å². The van der Waals surface area contributed by atoms with Crippen LogP contribution in [0.2, 0.25) is 5.02 Å². The molecule has 0 aliphatic carbocycles. The number of phenolic OH excluding ortho intramolecular Hbond substituents is 1. The van der Waals surface area contributed by atoms with Gasteiger partial charge in [0, 0.05) is 17.6 Å². The van der Waals surface area contributed by atoms with Gasteiger partial charge in [-0.15, -0.1) is 0 Å². The minimum Gasteiger partial charge on any atom is -0.506 e. The van der Waals surface area contributed by atoms with Gasteiger partial charge in [0.1, 0.15) is 22.8 Å². The van der Waals surface area contributed by atoms with Crippen molar-refractivity contribution in [1.82, 2.24) is 5.32 Å². The highest BCUT2D eigenvalue weighted by Gasteiger charge is 2.25. The maximum Gasteiger partial charge on any atom is 0.193 e. The van der Waals surface area contributed by atoms with E-state index < -0.39 is 0 Å². The Morgan fingerprint density at radius 2 is 1.89 bits per heavy atom. The van der Waals surface area contributed by atoms with Crippen LogP contribution in [0.25, 0.3) is 11.6 Å². The lowest BCUT2D eigenvalue weighted by molar-refractivity contribution is 0.104. The summed E-state index contributed by atoms with van der Waals surface area (Å²) in [6.45, 7) is 1.49. The number of carbonyl (C=O) groups excluding carboxylic acids is 1. The molecule has 0 saturated heterocycles. The zero-order valence-electron chi connectivity index (χ0n) is 15.8. The van der Waals surface area contributed by atoms with Crippen LogP contribution in [0, 0.1) is 0 Å². The lowest BCUT2D eigenvalue weighted by atomic mass is 9.93. The number of methoxy groups -OCH3 is 2. The topological polar surface area (TPSA) is 67.8 Å². The average molecular weight is 400 g/mol. The molecule has 1 aliphatic rings. The molecule has 0 spiro atoms. The normalized spacial score (nSPS) is 14.0. The van der Waals surface area contributed by atoms with Crippen LogP contribution in [0.15, 0.2) is 42.5 Å². The molecular formula is C22H22ClNO4. The van der Waals surface area contributed by atoms with Crippen LogP contribution in [-0.2, 0) is 0 Å². The number of ketones is 1. The first-order valence-corrected chi connectivity index (χ1v) is 9.29. The van der Waals surface area contributed by atoms with Gasteiger partial charge in [-0.2, -0.15) is 0 Å². The van der Waals surface area contributed by atoms with Crippen molar-refractivity contribution in [3.05, 3.63) is 64.2 Å². The number of ether oxygens (including phenoxy) is 2. The molecule has 2 aromatic rings. The fraction of sp³-hybridized carbons (Fsp3) is 0.227. The number of aromatic hydroxyl groups is 1. The van der Waals surface area contributed by atoms with Crippen molar-refractivity contribution in [3.63, 3.8) is 0 Å². The van der Waals surface area contributed by atoms with Gasteiger partial charge < -0.3 is 19.9 Å². The highest BCUT2D eigenvalue weighted by Crippen LogP contribution is 2.43. The zero-order valence-corrected chi connectivity index (χ0v) is 16.5. The number of allylic oxidation sites excluding steroid dienone is 1. The molecule has 0 unspecified atom stereocenters. The van der Waals surface area contributed by atoms with E-state index in [2.05, 4.69) is 5.32 Å². The molecular weight excluding hydrogens is 378 g/mol. The van der Waals surface area contributed by atoms with Crippen molar-refractivity contribution < 1.29 is 19.4 Å². The molecule has 0 aromatic heterocycles. The summed E-state index contributed by atoms with van der Waals surface area (Å²) >= 11 is 5.89. The van der Waals surface area contributed by atoms with Gasteiger partial charge in [-0.3, -0.25) is 4.79 Å². The predicted molar refractivity (Wildman–Crippen MR) is 111 cm³/mol. The fourth-order valence-corrected chi connectivity index (χ4v) is 3.30. The summed E-state index contributed by atoms with van der Waals surface area (Å²) in [5.41, 5.74) is 2.41. The minimum absolute atomic E-state index is 0.114. The van der Waals surface area contributed by atoms with Crippen molar-refractivity contribution in [2.45, 2.75) is 6.42 Å². The number of benzene rings is 2. The van der Waals surface area contributed by atoms with Crippen LogP contribution in [0.1, 0.15) is 27.9 Å². The Hall–Kier alpha value is -2.76. The van der Waals surface area contributed by atoms with Crippen molar-refractivity contribution >= 4 is 29.0 Å². The van der Waals surface area contributed by atoms with Gasteiger partial charge in [0.15, 0.2) is 5.78 Å². The molecule has 2 aromatic carbocycles. The number of carbonyl (C=O) groups is 1. The lowest BCUT2D eigenvalue weighted by Gasteiger charge is -2.20. The minimum atomic E-state index is -0.359. The Balaban J connectivity index is 2.04. The molecule has 6 heteroatoms. The second kappa shape index (κ2) is 8.95. The molecule has 1 heterocycles. The molecule has 0 bridgehead atoms. The highest BCUT2D eigenvalue weighted by molar-refractivity contribution is 6.30. The molecule has 0 atom stereocenters. The SMILES string of the molecule is COc1cc(OC)c(C2=CCNCC2)c(O)c1C(=O)/C=C/c1ccc(Cl)cc1. The number of nitrogens with one attached hydrogen (secondary N) is 1. The summed E-state index contributed by atoms with van der Waals surface area (Å²) in [6, 6.07) is 8.75. The molecule has 28 heavy (non-hydrogen) atoms. The van der Waals surface area contributed by atoms with Crippen LogP contribution in [0.3, 0.4) is 0 Å². The quantitative estimate of drug-likeness (QED) is 0.558. The Morgan fingerprint density at radius 3 is 2.50 bits per heavy atom. The average Bonchev–Trinajstić information content (AvgIpc) is 2.72. The van der Waals surface area contributed by atoms with E-state index in [9.17, 15) is 9.90 Å². The summed E-state index contributed by atoms with van der Waals surface area (Å²) in [7, 11) is 2.98. The summed E-state index contributed by atoms with van der Waals surface area (Å²) in [4.78, 5) is 12.9. The zero-order chi connectivity index (χ0) is 20.1. The fourth-order valence-electron chi connectivity index (χ4n) is 3.17. The standard InChI is InChI=1S/C22H22ClNO4/c1-27-18-13-19(28-2)21(22(26)20(18)15-9-11-24-12-10-15)17(25)8-5-14-3-6-16(23)7-4-14/h3-9,13,24,26H,10-12H2,1-2H3/b8-5+. The van der Waals surface area contributed by atoms with Gasteiger partial charge in [-0.1, -0.05) is 35.9 Å².